The van der Waals surface area contributed by atoms with Crippen LogP contribution in [-0.2, 0) is 0 Å². The van der Waals surface area contributed by atoms with E-state index in [1.54, 1.807) is 0 Å². The van der Waals surface area contributed by atoms with E-state index in [4.69, 9.17) is 0 Å². The molecule has 2 heteroatoms. The Bertz CT molecular complexity index is 93.7. The second kappa shape index (κ2) is 4.73. The van der Waals surface area contributed by atoms with Gasteiger partial charge in [-0.25, -0.2) is 5.32 Å². The van der Waals surface area contributed by atoms with Gasteiger partial charge in [0.05, 0.1) is 0 Å². The zero-order valence-corrected chi connectivity index (χ0v) is 7.71. The van der Waals surface area contributed by atoms with Crippen molar-refractivity contribution < 1.29 is 0 Å². The first-order valence-corrected chi connectivity index (χ1v) is 4.75. The van der Waals surface area contributed by atoms with E-state index >= 15 is 0 Å². The number of hydrogen-bond donors (Lipinski definition) is 0. The molecule has 0 aromatic heterocycles. The lowest BCUT2D eigenvalue weighted by Gasteiger charge is -2.21. The van der Waals surface area contributed by atoms with Crippen molar-refractivity contribution in [3.8, 4) is 0 Å². The molecule has 1 aliphatic rings. The third-order valence-electron chi connectivity index (χ3n) is 2.45. The summed E-state index contributed by atoms with van der Waals surface area (Å²) in [5, 5.41) is 4.53. The fourth-order valence-corrected chi connectivity index (χ4v) is 1.62. The maximum atomic E-state index is 4.53. The second-order valence-electron chi connectivity index (χ2n) is 3.19. The predicted octanol–water partition coefficient (Wildman–Crippen LogP) is 1.09. The standard InChI is InChI=1S/C9H19N2/c1-3-11(4-2)8-9-6-5-7-10-9/h9H,3-8H2,1-2H3/t9-/m0/s1. The Hall–Kier alpha value is -0.0800. The lowest BCUT2D eigenvalue weighted by molar-refractivity contribution is 0.273. The maximum Gasteiger partial charge on any atom is 0.0373 e. The van der Waals surface area contributed by atoms with Gasteiger partial charge in [0.15, 0.2) is 0 Å². The zero-order chi connectivity index (χ0) is 8.10. The van der Waals surface area contributed by atoms with Crippen LogP contribution in [0.15, 0.2) is 0 Å². The molecule has 1 atom stereocenters. The van der Waals surface area contributed by atoms with Gasteiger partial charge >= 0.3 is 0 Å². The smallest absolute Gasteiger partial charge is 0.0373 e. The first kappa shape index (κ1) is 9.01. The van der Waals surface area contributed by atoms with E-state index < -0.39 is 0 Å². The lowest BCUT2D eigenvalue weighted by Crippen LogP contribution is -2.34. The first-order chi connectivity index (χ1) is 5.36. The summed E-state index contributed by atoms with van der Waals surface area (Å²) in [7, 11) is 0. The summed E-state index contributed by atoms with van der Waals surface area (Å²) < 4.78 is 0. The van der Waals surface area contributed by atoms with Gasteiger partial charge in [-0.2, -0.15) is 0 Å². The SMILES string of the molecule is CCN(CC)C[C@@H]1CCC[N]1. The van der Waals surface area contributed by atoms with Crippen molar-refractivity contribution in [2.45, 2.75) is 32.7 Å². The molecule has 1 aliphatic heterocycles. The number of rotatable bonds is 4. The lowest BCUT2D eigenvalue weighted by atomic mass is 10.2. The molecule has 1 saturated heterocycles. The zero-order valence-electron chi connectivity index (χ0n) is 7.71. The number of hydrogen-bond acceptors (Lipinski definition) is 1. The highest BCUT2D eigenvalue weighted by Gasteiger charge is 2.17. The molecule has 0 N–H and O–H groups in total. The summed E-state index contributed by atoms with van der Waals surface area (Å²) >= 11 is 0. The Morgan fingerprint density at radius 3 is 2.55 bits per heavy atom. The van der Waals surface area contributed by atoms with Crippen molar-refractivity contribution in [3.63, 3.8) is 0 Å². The molecule has 11 heavy (non-hydrogen) atoms. The summed E-state index contributed by atoms with van der Waals surface area (Å²) in [5.41, 5.74) is 0. The molecule has 0 unspecified atom stereocenters. The Balaban J connectivity index is 2.16. The van der Waals surface area contributed by atoms with Gasteiger partial charge in [-0.15, -0.1) is 0 Å². The minimum Gasteiger partial charge on any atom is -0.302 e. The van der Waals surface area contributed by atoms with E-state index in [1.165, 1.54) is 32.5 Å². The van der Waals surface area contributed by atoms with Gasteiger partial charge < -0.3 is 4.90 Å². The third-order valence-corrected chi connectivity index (χ3v) is 2.45. The largest absolute Gasteiger partial charge is 0.302 e. The highest BCUT2D eigenvalue weighted by Crippen LogP contribution is 2.08. The van der Waals surface area contributed by atoms with Crippen LogP contribution in [0.5, 0.6) is 0 Å². The monoisotopic (exact) mass is 155 g/mol. The average molecular weight is 155 g/mol. The molecular weight excluding hydrogens is 136 g/mol. The van der Waals surface area contributed by atoms with Crippen LogP contribution in [0.1, 0.15) is 26.7 Å². The Kier molecular flexibility index (Phi) is 3.87. The maximum absolute atomic E-state index is 4.53. The Morgan fingerprint density at radius 1 is 1.36 bits per heavy atom. The van der Waals surface area contributed by atoms with E-state index in [1.807, 2.05) is 0 Å². The fourth-order valence-electron chi connectivity index (χ4n) is 1.62. The molecule has 0 aromatic carbocycles. The van der Waals surface area contributed by atoms with Gasteiger partial charge in [-0.1, -0.05) is 13.8 Å². The minimum atomic E-state index is 0.648. The molecule has 0 aromatic rings. The average Bonchev–Trinajstić information content (AvgIpc) is 2.52. The van der Waals surface area contributed by atoms with Crippen LogP contribution in [0.3, 0.4) is 0 Å². The predicted molar refractivity (Wildman–Crippen MR) is 47.8 cm³/mol. The fraction of sp³-hybridized carbons (Fsp3) is 1.00. The Morgan fingerprint density at radius 2 is 2.09 bits per heavy atom. The molecule has 1 fully saturated rings. The summed E-state index contributed by atoms with van der Waals surface area (Å²) in [5.74, 6) is 0. The van der Waals surface area contributed by atoms with Gasteiger partial charge in [0, 0.05) is 19.1 Å². The van der Waals surface area contributed by atoms with E-state index in [9.17, 15) is 0 Å². The van der Waals surface area contributed by atoms with Gasteiger partial charge in [-0.3, -0.25) is 0 Å². The highest BCUT2D eigenvalue weighted by molar-refractivity contribution is 4.76. The molecule has 65 valence electrons. The normalized spacial score (nSPS) is 24.8. The van der Waals surface area contributed by atoms with E-state index in [0.29, 0.717) is 6.04 Å². The van der Waals surface area contributed by atoms with Crippen molar-refractivity contribution in [3.05, 3.63) is 0 Å². The first-order valence-electron chi connectivity index (χ1n) is 4.75. The van der Waals surface area contributed by atoms with Crippen LogP contribution in [0, 0.1) is 0 Å². The molecule has 2 nitrogen and oxygen atoms in total. The number of nitrogens with zero attached hydrogens (tertiary/aromatic N) is 2. The van der Waals surface area contributed by atoms with Crippen LogP contribution in [0.2, 0.25) is 0 Å². The van der Waals surface area contributed by atoms with Crippen molar-refractivity contribution in [2.24, 2.45) is 0 Å². The van der Waals surface area contributed by atoms with Crippen LogP contribution < -0.4 is 5.32 Å². The molecule has 0 spiro atoms. The molecular formula is C9H19N2. The van der Waals surface area contributed by atoms with E-state index in [-0.39, 0.29) is 0 Å². The second-order valence-corrected chi connectivity index (χ2v) is 3.19. The van der Waals surface area contributed by atoms with Crippen LogP contribution >= 0.6 is 0 Å². The number of likely N-dealkylation sites (N-methyl/N-ethyl adjacent to an activating group) is 1. The topological polar surface area (TPSA) is 17.3 Å². The van der Waals surface area contributed by atoms with Crippen molar-refractivity contribution in [2.75, 3.05) is 26.2 Å². The molecule has 0 amide bonds. The molecule has 1 rings (SSSR count). The van der Waals surface area contributed by atoms with Gasteiger partial charge in [0.2, 0.25) is 0 Å². The van der Waals surface area contributed by atoms with Gasteiger partial charge in [0.1, 0.15) is 0 Å². The molecule has 0 bridgehead atoms. The van der Waals surface area contributed by atoms with Gasteiger partial charge in [-0.05, 0) is 25.9 Å². The molecule has 1 radical (unpaired) electrons. The quantitative estimate of drug-likeness (QED) is 0.594. The summed E-state index contributed by atoms with van der Waals surface area (Å²) in [4.78, 5) is 2.46. The molecule has 0 aliphatic carbocycles. The van der Waals surface area contributed by atoms with Crippen LogP contribution in [-0.4, -0.2) is 37.1 Å². The molecule has 1 heterocycles. The van der Waals surface area contributed by atoms with Gasteiger partial charge in [0.25, 0.3) is 0 Å². The minimum absolute atomic E-state index is 0.648. The summed E-state index contributed by atoms with van der Waals surface area (Å²) in [6.07, 6.45) is 2.63. The van der Waals surface area contributed by atoms with Crippen molar-refractivity contribution in [1.29, 1.82) is 0 Å². The van der Waals surface area contributed by atoms with Crippen LogP contribution in [0.25, 0.3) is 0 Å². The van der Waals surface area contributed by atoms with Crippen molar-refractivity contribution in [1.82, 2.24) is 10.2 Å². The van der Waals surface area contributed by atoms with E-state index in [0.717, 1.165) is 6.54 Å². The highest BCUT2D eigenvalue weighted by atomic mass is 15.1. The van der Waals surface area contributed by atoms with Crippen molar-refractivity contribution >= 4 is 0 Å². The van der Waals surface area contributed by atoms with E-state index in [2.05, 4.69) is 24.1 Å². The molecule has 0 saturated carbocycles. The van der Waals surface area contributed by atoms with Crippen LogP contribution in [0.4, 0.5) is 0 Å². The third kappa shape index (κ3) is 2.80. The Labute approximate surface area is 70.0 Å². The summed E-state index contributed by atoms with van der Waals surface area (Å²) in [6, 6.07) is 0.648. The summed E-state index contributed by atoms with van der Waals surface area (Å²) in [6.45, 7) is 9.07.